The Kier molecular flexibility index (Phi) is 9.83. The molecule has 3 saturated heterocycles. The summed E-state index contributed by atoms with van der Waals surface area (Å²) in [6, 6.07) is 6.40. The van der Waals surface area contributed by atoms with Crippen LogP contribution in [0.3, 0.4) is 0 Å². The minimum atomic E-state index is -0.764. The van der Waals surface area contributed by atoms with E-state index < -0.39 is 22.6 Å². The number of nitrogens with zero attached hydrogens (tertiary/aromatic N) is 2. The number of carbonyl (C=O) groups is 3. The highest BCUT2D eigenvalue weighted by Gasteiger charge is 2.76. The third-order valence-electron chi connectivity index (χ3n) is 8.33. The first-order chi connectivity index (χ1) is 18.8. The average Bonchev–Trinajstić information content (AvgIpc) is 3.51. The van der Waals surface area contributed by atoms with Gasteiger partial charge >= 0.3 is 5.97 Å². The van der Waals surface area contributed by atoms with E-state index in [1.807, 2.05) is 18.2 Å². The van der Waals surface area contributed by atoms with E-state index in [0.717, 1.165) is 25.7 Å². The molecule has 1 aromatic rings. The van der Waals surface area contributed by atoms with Crippen LogP contribution in [0.25, 0.3) is 0 Å². The summed E-state index contributed by atoms with van der Waals surface area (Å²) in [7, 11) is 0. The zero-order valence-corrected chi connectivity index (χ0v) is 24.2. The lowest BCUT2D eigenvalue weighted by atomic mass is 9.66. The van der Waals surface area contributed by atoms with Crippen molar-refractivity contribution in [2.24, 2.45) is 17.8 Å². The molecule has 1 N–H and O–H groups in total. The van der Waals surface area contributed by atoms with E-state index in [4.69, 9.17) is 16.3 Å². The molecule has 3 aliphatic heterocycles. The topological polar surface area (TPSA) is 87.2 Å². The molecule has 2 amide bonds. The maximum atomic E-state index is 14.5. The summed E-state index contributed by atoms with van der Waals surface area (Å²) in [6.45, 7) is 10.6. The number of rotatable bonds is 14. The number of carbonyl (C=O) groups excluding carboxylic acids is 3. The molecule has 9 heteroatoms. The van der Waals surface area contributed by atoms with Crippen LogP contribution in [0.1, 0.15) is 45.4 Å². The van der Waals surface area contributed by atoms with Gasteiger partial charge in [0.1, 0.15) is 6.04 Å². The highest BCUT2D eigenvalue weighted by Crippen LogP contribution is 2.68. The van der Waals surface area contributed by atoms with Crippen LogP contribution in [0.15, 0.2) is 49.6 Å². The Hall–Kier alpha value is -2.29. The number of thioether (sulfide) groups is 1. The number of amides is 2. The second-order valence-corrected chi connectivity index (χ2v) is 12.6. The van der Waals surface area contributed by atoms with Crippen molar-refractivity contribution in [3.05, 3.63) is 54.6 Å². The van der Waals surface area contributed by atoms with Crippen LogP contribution in [0, 0.1) is 17.8 Å². The summed E-state index contributed by atoms with van der Waals surface area (Å²) in [4.78, 5) is 45.4. The quantitative estimate of drug-likeness (QED) is 0.194. The number of esters is 1. The summed E-state index contributed by atoms with van der Waals surface area (Å²) in [6.07, 6.45) is 7.81. The third-order valence-corrected chi connectivity index (χ3v) is 10.7. The summed E-state index contributed by atoms with van der Waals surface area (Å²) >= 11 is 8.15. The highest BCUT2D eigenvalue weighted by atomic mass is 35.5. The molecular weight excluding hydrogens is 536 g/mol. The Morgan fingerprint density at radius 3 is 2.69 bits per heavy atom. The Balaban J connectivity index is 1.69. The van der Waals surface area contributed by atoms with Gasteiger partial charge in [-0.2, -0.15) is 0 Å². The number of unbranched alkanes of at least 4 members (excludes halogenated alkanes) is 3. The lowest BCUT2D eigenvalue weighted by Crippen LogP contribution is -2.57. The summed E-state index contributed by atoms with van der Waals surface area (Å²) in [5, 5.41) is 9.77. The second kappa shape index (κ2) is 12.9. The molecular formula is C30H39ClN2O5S. The lowest BCUT2D eigenvalue weighted by Gasteiger charge is -2.40. The van der Waals surface area contributed by atoms with Crippen molar-refractivity contribution < 1.29 is 24.2 Å². The number of fused-ring (bicyclic) bond motifs is 1. The molecule has 0 aromatic heterocycles. The van der Waals surface area contributed by atoms with Crippen molar-refractivity contribution in [2.75, 3.05) is 31.2 Å². The number of hydrogen-bond donors (Lipinski definition) is 1. The van der Waals surface area contributed by atoms with Gasteiger partial charge in [-0.1, -0.05) is 42.8 Å². The number of hydrogen-bond acceptors (Lipinski definition) is 6. The van der Waals surface area contributed by atoms with Gasteiger partial charge in [-0.05, 0) is 56.6 Å². The first-order valence-corrected chi connectivity index (χ1v) is 15.1. The van der Waals surface area contributed by atoms with Gasteiger partial charge in [0.2, 0.25) is 5.91 Å². The number of para-hydroxylation sites is 1. The standard InChI is InChI=1S/C30H39ClN2O5S/c1-4-6-7-12-18-38-29(37)24-23-19-20(3)30(39-23)25(24)27(35)33(16-10-11-17-34)26(30)28(36)32(15-5-2)22-14-9-8-13-21(22)31/h4-5,8-9,13-14,20,23-26,34H,1-2,6-7,10-12,15-19H2,3H3/t20?,23-,24+,25-,26?,30?/m0/s1. The van der Waals surface area contributed by atoms with Gasteiger partial charge in [0, 0.05) is 24.9 Å². The van der Waals surface area contributed by atoms with Gasteiger partial charge in [-0.3, -0.25) is 14.4 Å². The fraction of sp³-hybridized carbons (Fsp3) is 0.567. The highest BCUT2D eigenvalue weighted by molar-refractivity contribution is 8.02. The number of aliphatic hydroxyl groups excluding tert-OH is 1. The SMILES string of the molecule is C=CCCCCOC(=O)[C@@H]1[C@@H]2CC(C)C3(S2)C(C(=O)N(CC=C)c2ccccc2Cl)N(CCCCO)C(=O)[C@H]13. The molecule has 0 saturated carbocycles. The van der Waals surface area contributed by atoms with Crippen LogP contribution in [0.4, 0.5) is 5.69 Å². The largest absolute Gasteiger partial charge is 0.465 e. The van der Waals surface area contributed by atoms with Crippen LogP contribution in [0.2, 0.25) is 5.02 Å². The summed E-state index contributed by atoms with van der Waals surface area (Å²) < 4.78 is 4.95. The smallest absolute Gasteiger partial charge is 0.310 e. The maximum Gasteiger partial charge on any atom is 0.310 e. The first kappa shape index (κ1) is 29.7. The minimum absolute atomic E-state index is 0.00542. The molecule has 212 valence electrons. The Bertz CT molecular complexity index is 1100. The lowest BCUT2D eigenvalue weighted by molar-refractivity contribution is -0.154. The van der Waals surface area contributed by atoms with Crippen molar-refractivity contribution in [3.8, 4) is 0 Å². The average molecular weight is 575 g/mol. The van der Waals surface area contributed by atoms with E-state index in [9.17, 15) is 19.5 Å². The number of ether oxygens (including phenoxy) is 1. The number of halogens is 1. The molecule has 3 aliphatic rings. The molecule has 0 radical (unpaired) electrons. The Labute approximate surface area is 240 Å². The van der Waals surface area contributed by atoms with Crippen molar-refractivity contribution in [2.45, 2.75) is 61.5 Å². The molecule has 3 heterocycles. The second-order valence-electron chi connectivity index (χ2n) is 10.7. The van der Waals surface area contributed by atoms with Gasteiger partial charge in [0.15, 0.2) is 0 Å². The molecule has 39 heavy (non-hydrogen) atoms. The van der Waals surface area contributed by atoms with Crippen molar-refractivity contribution in [1.82, 2.24) is 4.90 Å². The zero-order valence-electron chi connectivity index (χ0n) is 22.6. The van der Waals surface area contributed by atoms with E-state index in [2.05, 4.69) is 20.1 Å². The van der Waals surface area contributed by atoms with Gasteiger partial charge < -0.3 is 19.6 Å². The summed E-state index contributed by atoms with van der Waals surface area (Å²) in [5.74, 6) is -1.89. The van der Waals surface area contributed by atoms with Gasteiger partial charge in [-0.25, -0.2) is 0 Å². The van der Waals surface area contributed by atoms with Crippen LogP contribution < -0.4 is 4.90 Å². The molecule has 1 aromatic carbocycles. The van der Waals surface area contributed by atoms with E-state index in [1.54, 1.807) is 39.8 Å². The molecule has 2 bridgehead atoms. The van der Waals surface area contributed by atoms with E-state index in [0.29, 0.717) is 36.7 Å². The summed E-state index contributed by atoms with van der Waals surface area (Å²) in [5.41, 5.74) is 0.562. The first-order valence-electron chi connectivity index (χ1n) is 13.9. The molecule has 4 rings (SSSR count). The number of aliphatic hydroxyl groups is 1. The molecule has 3 fully saturated rings. The number of allylic oxidation sites excluding steroid dienone is 1. The van der Waals surface area contributed by atoms with Crippen molar-refractivity contribution in [3.63, 3.8) is 0 Å². The fourth-order valence-corrected chi connectivity index (χ4v) is 9.26. The van der Waals surface area contributed by atoms with Crippen LogP contribution in [-0.4, -0.2) is 70.1 Å². The van der Waals surface area contributed by atoms with Crippen LogP contribution in [-0.2, 0) is 19.1 Å². The Morgan fingerprint density at radius 2 is 2.00 bits per heavy atom. The van der Waals surface area contributed by atoms with Crippen LogP contribution in [0.5, 0.6) is 0 Å². The van der Waals surface area contributed by atoms with E-state index in [1.165, 1.54) is 0 Å². The normalized spacial score (nSPS) is 28.8. The monoisotopic (exact) mass is 574 g/mol. The van der Waals surface area contributed by atoms with Crippen molar-refractivity contribution in [1.29, 1.82) is 0 Å². The van der Waals surface area contributed by atoms with E-state index in [-0.39, 0.29) is 42.1 Å². The zero-order chi connectivity index (χ0) is 28.2. The Morgan fingerprint density at radius 1 is 1.23 bits per heavy atom. The predicted octanol–water partition coefficient (Wildman–Crippen LogP) is 4.87. The number of likely N-dealkylation sites (tertiary alicyclic amines) is 1. The van der Waals surface area contributed by atoms with Crippen molar-refractivity contribution >= 4 is 46.8 Å². The van der Waals surface area contributed by atoms with Gasteiger partial charge in [-0.15, -0.1) is 24.9 Å². The molecule has 6 atom stereocenters. The fourth-order valence-electron chi connectivity index (χ4n) is 6.62. The number of benzene rings is 1. The number of anilines is 1. The molecule has 1 spiro atoms. The van der Waals surface area contributed by atoms with E-state index >= 15 is 0 Å². The minimum Gasteiger partial charge on any atom is -0.465 e. The van der Waals surface area contributed by atoms with Gasteiger partial charge in [0.05, 0.1) is 33.9 Å². The predicted molar refractivity (Wildman–Crippen MR) is 156 cm³/mol. The van der Waals surface area contributed by atoms with Gasteiger partial charge in [0.25, 0.3) is 5.91 Å². The van der Waals surface area contributed by atoms with Crippen LogP contribution >= 0.6 is 23.4 Å². The molecule has 3 unspecified atom stereocenters. The third kappa shape index (κ3) is 5.40. The molecule has 0 aliphatic carbocycles. The molecule has 7 nitrogen and oxygen atoms in total. The maximum absolute atomic E-state index is 14.5.